The molecule has 3 nitrogen and oxygen atoms in total. The molecule has 1 aromatic carbocycles. The summed E-state index contributed by atoms with van der Waals surface area (Å²) in [6, 6.07) is 6.92. The van der Waals surface area contributed by atoms with Gasteiger partial charge in [0.1, 0.15) is 5.75 Å². The molecule has 0 amide bonds. The largest absolute Gasteiger partial charge is 0.491 e. The van der Waals surface area contributed by atoms with Gasteiger partial charge in [0.05, 0.1) is 18.0 Å². The van der Waals surface area contributed by atoms with Gasteiger partial charge in [-0.25, -0.2) is 0 Å². The summed E-state index contributed by atoms with van der Waals surface area (Å²) in [5, 5.41) is 0. The summed E-state index contributed by atoms with van der Waals surface area (Å²) in [5.74, 6) is 1.73. The molecule has 2 unspecified atom stereocenters. The fraction of sp³-hybridized carbons (Fsp3) is 0.647. The van der Waals surface area contributed by atoms with Crippen LogP contribution in [0.15, 0.2) is 18.2 Å². The molecule has 1 aromatic rings. The molecule has 0 radical (unpaired) electrons. The maximum absolute atomic E-state index is 6.36. The molecule has 1 aliphatic carbocycles. The van der Waals surface area contributed by atoms with Crippen LogP contribution in [0.4, 0.5) is 11.4 Å². The summed E-state index contributed by atoms with van der Waals surface area (Å²) in [6.07, 6.45) is 7.83. The summed E-state index contributed by atoms with van der Waals surface area (Å²) >= 11 is 0. The van der Waals surface area contributed by atoms with Crippen LogP contribution < -0.4 is 15.4 Å². The minimum Gasteiger partial charge on any atom is -0.491 e. The maximum atomic E-state index is 6.36. The molecule has 1 heterocycles. The molecule has 1 aliphatic heterocycles. The Morgan fingerprint density at radius 2 is 2.10 bits per heavy atom. The van der Waals surface area contributed by atoms with Crippen LogP contribution in [0.25, 0.3) is 0 Å². The fourth-order valence-corrected chi connectivity index (χ4v) is 3.83. The van der Waals surface area contributed by atoms with E-state index in [0.29, 0.717) is 6.04 Å². The van der Waals surface area contributed by atoms with Crippen LogP contribution in [-0.4, -0.2) is 19.2 Å². The van der Waals surface area contributed by atoms with Crippen LogP contribution in [0.2, 0.25) is 0 Å². The standard InChI is InChI=1S/C17H26N2O/c1-2-12-20-16-9-5-8-15(17(16)18)19-11-10-13-6-3-4-7-14(13)19/h5,8-9,13-14H,2-4,6-7,10-12,18H2,1H3. The minimum atomic E-state index is 0.701. The first-order valence-corrected chi connectivity index (χ1v) is 8.09. The normalized spacial score (nSPS) is 25.6. The van der Waals surface area contributed by atoms with E-state index in [4.69, 9.17) is 10.5 Å². The van der Waals surface area contributed by atoms with E-state index < -0.39 is 0 Å². The zero-order chi connectivity index (χ0) is 13.9. The highest BCUT2D eigenvalue weighted by Crippen LogP contribution is 2.42. The lowest BCUT2D eigenvalue weighted by Gasteiger charge is -2.34. The van der Waals surface area contributed by atoms with Gasteiger partial charge in [0, 0.05) is 12.6 Å². The molecule has 2 atom stereocenters. The molecular formula is C17H26N2O. The lowest BCUT2D eigenvalue weighted by molar-refractivity contribution is 0.319. The molecule has 2 aliphatic rings. The van der Waals surface area contributed by atoms with Crippen molar-refractivity contribution in [1.29, 1.82) is 0 Å². The molecule has 20 heavy (non-hydrogen) atoms. The lowest BCUT2D eigenvalue weighted by atomic mass is 9.85. The Balaban J connectivity index is 1.82. The van der Waals surface area contributed by atoms with Gasteiger partial charge in [-0.05, 0) is 43.7 Å². The second-order valence-electron chi connectivity index (χ2n) is 6.13. The minimum absolute atomic E-state index is 0.701. The Kier molecular flexibility index (Phi) is 4.04. The predicted molar refractivity (Wildman–Crippen MR) is 84.3 cm³/mol. The molecule has 3 heteroatoms. The molecule has 2 fully saturated rings. The number of fused-ring (bicyclic) bond motifs is 1. The Labute approximate surface area is 122 Å². The number of hydrogen-bond donors (Lipinski definition) is 1. The number of benzene rings is 1. The number of para-hydroxylation sites is 1. The van der Waals surface area contributed by atoms with E-state index in [0.717, 1.165) is 36.9 Å². The Bertz CT molecular complexity index is 460. The van der Waals surface area contributed by atoms with Crippen molar-refractivity contribution in [1.82, 2.24) is 0 Å². The zero-order valence-corrected chi connectivity index (χ0v) is 12.5. The predicted octanol–water partition coefficient (Wildman–Crippen LogP) is 3.83. The van der Waals surface area contributed by atoms with Crippen molar-refractivity contribution in [3.63, 3.8) is 0 Å². The van der Waals surface area contributed by atoms with Crippen molar-refractivity contribution in [2.24, 2.45) is 5.92 Å². The highest BCUT2D eigenvalue weighted by molar-refractivity contribution is 5.74. The zero-order valence-electron chi connectivity index (χ0n) is 12.5. The molecular weight excluding hydrogens is 248 g/mol. The van der Waals surface area contributed by atoms with Gasteiger partial charge in [-0.2, -0.15) is 0 Å². The van der Waals surface area contributed by atoms with Crippen LogP contribution in [0.1, 0.15) is 45.4 Å². The van der Waals surface area contributed by atoms with Crippen LogP contribution in [-0.2, 0) is 0 Å². The van der Waals surface area contributed by atoms with Crippen molar-refractivity contribution in [2.75, 3.05) is 23.8 Å². The van der Waals surface area contributed by atoms with E-state index in [9.17, 15) is 0 Å². The van der Waals surface area contributed by atoms with Crippen LogP contribution in [0.5, 0.6) is 5.75 Å². The molecule has 0 spiro atoms. The van der Waals surface area contributed by atoms with Gasteiger partial charge in [-0.1, -0.05) is 25.8 Å². The summed E-state index contributed by atoms with van der Waals surface area (Å²) < 4.78 is 5.77. The number of hydrogen-bond acceptors (Lipinski definition) is 3. The highest BCUT2D eigenvalue weighted by atomic mass is 16.5. The smallest absolute Gasteiger partial charge is 0.144 e. The van der Waals surface area contributed by atoms with Gasteiger partial charge >= 0.3 is 0 Å². The van der Waals surface area contributed by atoms with Gasteiger partial charge in [-0.15, -0.1) is 0 Å². The van der Waals surface area contributed by atoms with Crippen molar-refractivity contribution in [2.45, 2.75) is 51.5 Å². The van der Waals surface area contributed by atoms with E-state index in [1.807, 2.05) is 6.07 Å². The highest BCUT2D eigenvalue weighted by Gasteiger charge is 2.36. The van der Waals surface area contributed by atoms with Gasteiger partial charge in [-0.3, -0.25) is 0 Å². The third-order valence-electron chi connectivity index (χ3n) is 4.82. The fourth-order valence-electron chi connectivity index (χ4n) is 3.83. The molecule has 0 bridgehead atoms. The third kappa shape index (κ3) is 2.46. The lowest BCUT2D eigenvalue weighted by Crippen LogP contribution is -2.35. The quantitative estimate of drug-likeness (QED) is 0.848. The molecule has 1 saturated heterocycles. The second-order valence-corrected chi connectivity index (χ2v) is 6.13. The molecule has 1 saturated carbocycles. The Morgan fingerprint density at radius 3 is 2.95 bits per heavy atom. The number of anilines is 2. The third-order valence-corrected chi connectivity index (χ3v) is 4.82. The maximum Gasteiger partial charge on any atom is 0.144 e. The van der Waals surface area contributed by atoms with Gasteiger partial charge in [0.2, 0.25) is 0 Å². The number of rotatable bonds is 4. The summed E-state index contributed by atoms with van der Waals surface area (Å²) in [7, 11) is 0. The first kappa shape index (κ1) is 13.6. The second kappa shape index (κ2) is 5.94. The van der Waals surface area contributed by atoms with Crippen LogP contribution >= 0.6 is 0 Å². The van der Waals surface area contributed by atoms with Crippen LogP contribution in [0.3, 0.4) is 0 Å². The molecule has 3 rings (SSSR count). The average molecular weight is 274 g/mol. The van der Waals surface area contributed by atoms with E-state index in [2.05, 4.69) is 24.0 Å². The van der Waals surface area contributed by atoms with Gasteiger partial charge in [0.25, 0.3) is 0 Å². The van der Waals surface area contributed by atoms with E-state index in [-0.39, 0.29) is 0 Å². The summed E-state index contributed by atoms with van der Waals surface area (Å²) in [6.45, 7) is 4.00. The number of nitrogens with two attached hydrogens (primary N) is 1. The first-order valence-electron chi connectivity index (χ1n) is 8.09. The Hall–Kier alpha value is -1.38. The number of nitrogen functional groups attached to an aromatic ring is 1. The monoisotopic (exact) mass is 274 g/mol. The van der Waals surface area contributed by atoms with E-state index in [1.165, 1.54) is 37.8 Å². The van der Waals surface area contributed by atoms with Crippen molar-refractivity contribution in [3.8, 4) is 5.75 Å². The van der Waals surface area contributed by atoms with Gasteiger partial charge in [0.15, 0.2) is 0 Å². The van der Waals surface area contributed by atoms with Crippen molar-refractivity contribution >= 4 is 11.4 Å². The first-order chi connectivity index (χ1) is 9.81. The molecule has 110 valence electrons. The summed E-state index contributed by atoms with van der Waals surface area (Å²) in [4.78, 5) is 2.54. The van der Waals surface area contributed by atoms with Crippen molar-refractivity contribution in [3.05, 3.63) is 18.2 Å². The summed E-state index contributed by atoms with van der Waals surface area (Å²) in [5.41, 5.74) is 8.37. The van der Waals surface area contributed by atoms with Crippen molar-refractivity contribution < 1.29 is 4.74 Å². The Morgan fingerprint density at radius 1 is 1.25 bits per heavy atom. The number of nitrogens with zero attached hydrogens (tertiary/aromatic N) is 1. The average Bonchev–Trinajstić information content (AvgIpc) is 2.90. The SMILES string of the molecule is CCCOc1cccc(N2CCC3CCCCC32)c1N. The number of ether oxygens (including phenoxy) is 1. The van der Waals surface area contributed by atoms with Crippen LogP contribution in [0, 0.1) is 5.92 Å². The van der Waals surface area contributed by atoms with E-state index in [1.54, 1.807) is 0 Å². The van der Waals surface area contributed by atoms with E-state index >= 15 is 0 Å². The molecule has 2 N–H and O–H groups in total. The van der Waals surface area contributed by atoms with Gasteiger partial charge < -0.3 is 15.4 Å². The molecule has 0 aromatic heterocycles. The topological polar surface area (TPSA) is 38.5 Å².